The van der Waals surface area contributed by atoms with E-state index in [0.717, 1.165) is 6.42 Å². The third kappa shape index (κ3) is 4.51. The van der Waals surface area contributed by atoms with Crippen LogP contribution in [-0.4, -0.2) is 0 Å². The molecule has 0 unspecified atom stereocenters. The monoisotopic (exact) mass is 174 g/mol. The van der Waals surface area contributed by atoms with Crippen molar-refractivity contribution in [3.63, 3.8) is 0 Å². The van der Waals surface area contributed by atoms with E-state index in [1.54, 1.807) is 5.57 Å². The van der Waals surface area contributed by atoms with E-state index in [9.17, 15) is 0 Å². The first-order valence-corrected chi connectivity index (χ1v) is 5.04. The van der Waals surface area contributed by atoms with E-state index in [2.05, 4.69) is 37.0 Å². The molecule has 0 aromatic carbocycles. The summed E-state index contributed by atoms with van der Waals surface area (Å²) in [5, 5.41) is 0. The van der Waals surface area contributed by atoms with Crippen molar-refractivity contribution in [3.05, 3.63) is 48.6 Å². The standard InChI is InChI=1S/C13H18/c1-2-3-4-5-6-7-10-13-11-8-9-12-13/h2,4-5,8-9,11H,1,3,6-7,10,12H2/b5-4+. The predicted octanol–water partition coefficient (Wildman–Crippen LogP) is 4.18. The molecular weight excluding hydrogens is 156 g/mol. The molecule has 0 nitrogen and oxygen atoms in total. The Hall–Kier alpha value is -1.04. The van der Waals surface area contributed by atoms with Crippen LogP contribution < -0.4 is 0 Å². The molecule has 1 rings (SSSR count). The molecular formula is C13H18. The summed E-state index contributed by atoms with van der Waals surface area (Å²) < 4.78 is 0. The fourth-order valence-electron chi connectivity index (χ4n) is 1.43. The van der Waals surface area contributed by atoms with E-state index in [-0.39, 0.29) is 0 Å². The van der Waals surface area contributed by atoms with Crippen LogP contribution in [0.5, 0.6) is 0 Å². The lowest BCUT2D eigenvalue weighted by atomic mass is 10.1. The highest BCUT2D eigenvalue weighted by molar-refractivity contribution is 5.22. The number of rotatable bonds is 6. The zero-order chi connectivity index (χ0) is 9.36. The summed E-state index contributed by atoms with van der Waals surface area (Å²) in [7, 11) is 0. The van der Waals surface area contributed by atoms with Gasteiger partial charge in [-0.2, -0.15) is 0 Å². The van der Waals surface area contributed by atoms with Gasteiger partial charge < -0.3 is 0 Å². The van der Waals surface area contributed by atoms with Crippen LogP contribution in [0.4, 0.5) is 0 Å². The van der Waals surface area contributed by atoms with Crippen molar-refractivity contribution in [2.24, 2.45) is 0 Å². The number of unbranched alkanes of at least 4 members (excludes halogenated alkanes) is 1. The van der Waals surface area contributed by atoms with Crippen molar-refractivity contribution in [2.75, 3.05) is 0 Å². The zero-order valence-corrected chi connectivity index (χ0v) is 8.21. The van der Waals surface area contributed by atoms with Gasteiger partial charge in [-0.25, -0.2) is 0 Å². The van der Waals surface area contributed by atoms with Crippen molar-refractivity contribution in [2.45, 2.75) is 32.1 Å². The summed E-state index contributed by atoms with van der Waals surface area (Å²) in [6, 6.07) is 0. The molecule has 0 fully saturated rings. The minimum absolute atomic E-state index is 1.00. The maximum Gasteiger partial charge on any atom is -0.0133 e. The van der Waals surface area contributed by atoms with Gasteiger partial charge in [0, 0.05) is 0 Å². The third-order valence-electron chi connectivity index (χ3n) is 2.19. The largest absolute Gasteiger partial charge is 0.103 e. The molecule has 13 heavy (non-hydrogen) atoms. The normalized spacial score (nSPS) is 15.2. The first-order chi connectivity index (χ1) is 6.43. The van der Waals surface area contributed by atoms with Crippen molar-refractivity contribution < 1.29 is 0 Å². The highest BCUT2D eigenvalue weighted by Gasteiger charge is 1.97. The SMILES string of the molecule is C=CC/C=C/CCCC1=CC=CC1. The molecule has 0 radical (unpaired) electrons. The van der Waals surface area contributed by atoms with E-state index in [0.29, 0.717) is 0 Å². The van der Waals surface area contributed by atoms with E-state index in [4.69, 9.17) is 0 Å². The zero-order valence-electron chi connectivity index (χ0n) is 8.21. The van der Waals surface area contributed by atoms with Gasteiger partial charge >= 0.3 is 0 Å². The molecule has 70 valence electrons. The van der Waals surface area contributed by atoms with Gasteiger partial charge in [-0.3, -0.25) is 0 Å². The summed E-state index contributed by atoms with van der Waals surface area (Å²) in [5.74, 6) is 0. The fraction of sp³-hybridized carbons (Fsp3) is 0.385. The van der Waals surface area contributed by atoms with Crippen LogP contribution in [0.25, 0.3) is 0 Å². The van der Waals surface area contributed by atoms with Gasteiger partial charge in [0.05, 0.1) is 0 Å². The van der Waals surface area contributed by atoms with Gasteiger partial charge in [0.15, 0.2) is 0 Å². The van der Waals surface area contributed by atoms with Crippen molar-refractivity contribution >= 4 is 0 Å². The first kappa shape index (κ1) is 10.0. The van der Waals surface area contributed by atoms with Gasteiger partial charge in [-0.15, -0.1) is 6.58 Å². The third-order valence-corrected chi connectivity index (χ3v) is 2.19. The molecule has 0 spiro atoms. The van der Waals surface area contributed by atoms with Gasteiger partial charge in [-0.1, -0.05) is 42.0 Å². The minimum atomic E-state index is 1.00. The summed E-state index contributed by atoms with van der Waals surface area (Å²) >= 11 is 0. The van der Waals surface area contributed by atoms with Crippen molar-refractivity contribution in [1.29, 1.82) is 0 Å². The second-order valence-corrected chi connectivity index (χ2v) is 3.35. The predicted molar refractivity (Wildman–Crippen MR) is 59.6 cm³/mol. The topological polar surface area (TPSA) is 0 Å². The van der Waals surface area contributed by atoms with Gasteiger partial charge in [-0.05, 0) is 32.1 Å². The quantitative estimate of drug-likeness (QED) is 0.418. The lowest BCUT2D eigenvalue weighted by Crippen LogP contribution is -1.78. The van der Waals surface area contributed by atoms with Gasteiger partial charge in [0.2, 0.25) is 0 Å². The van der Waals surface area contributed by atoms with Crippen LogP contribution in [0.2, 0.25) is 0 Å². The Kier molecular flexibility index (Phi) is 5.00. The molecule has 0 aromatic heterocycles. The number of hydrogen-bond donors (Lipinski definition) is 0. The summed E-state index contributed by atoms with van der Waals surface area (Å²) in [4.78, 5) is 0. The lowest BCUT2D eigenvalue weighted by Gasteiger charge is -1.98. The Morgan fingerprint density at radius 1 is 1.38 bits per heavy atom. The molecule has 0 saturated carbocycles. The average Bonchev–Trinajstić information content (AvgIpc) is 2.63. The van der Waals surface area contributed by atoms with Crippen molar-refractivity contribution in [3.8, 4) is 0 Å². The van der Waals surface area contributed by atoms with E-state index < -0.39 is 0 Å². The maximum atomic E-state index is 3.67. The van der Waals surface area contributed by atoms with E-state index >= 15 is 0 Å². The lowest BCUT2D eigenvalue weighted by molar-refractivity contribution is 0.819. The molecule has 0 saturated heterocycles. The summed E-state index contributed by atoms with van der Waals surface area (Å²) in [6.45, 7) is 3.67. The van der Waals surface area contributed by atoms with Gasteiger partial charge in [0.1, 0.15) is 0 Å². The summed E-state index contributed by atoms with van der Waals surface area (Å²) in [6.07, 6.45) is 18.9. The number of hydrogen-bond acceptors (Lipinski definition) is 0. The molecule has 0 atom stereocenters. The van der Waals surface area contributed by atoms with Crippen LogP contribution in [-0.2, 0) is 0 Å². The van der Waals surface area contributed by atoms with Crippen LogP contribution in [0.15, 0.2) is 48.6 Å². The summed E-state index contributed by atoms with van der Waals surface area (Å²) in [5.41, 5.74) is 1.58. The van der Waals surface area contributed by atoms with Crippen LogP contribution in [0.1, 0.15) is 32.1 Å². The highest BCUT2D eigenvalue weighted by atomic mass is 14.0. The highest BCUT2D eigenvalue weighted by Crippen LogP contribution is 2.17. The van der Waals surface area contributed by atoms with Crippen LogP contribution >= 0.6 is 0 Å². The van der Waals surface area contributed by atoms with Crippen molar-refractivity contribution in [1.82, 2.24) is 0 Å². The Bertz CT molecular complexity index is 228. The second-order valence-electron chi connectivity index (χ2n) is 3.35. The maximum absolute atomic E-state index is 3.67. The van der Waals surface area contributed by atoms with Crippen LogP contribution in [0.3, 0.4) is 0 Å². The molecule has 0 N–H and O–H groups in total. The molecule has 0 amide bonds. The molecule has 0 bridgehead atoms. The van der Waals surface area contributed by atoms with E-state index in [1.807, 2.05) is 6.08 Å². The second kappa shape index (κ2) is 6.47. The smallest absolute Gasteiger partial charge is 0.0133 e. The van der Waals surface area contributed by atoms with Gasteiger partial charge in [0.25, 0.3) is 0 Å². The Morgan fingerprint density at radius 3 is 3.00 bits per heavy atom. The Balaban J connectivity index is 1.98. The van der Waals surface area contributed by atoms with Crippen LogP contribution in [0, 0.1) is 0 Å². The molecule has 1 aliphatic rings. The fourth-order valence-corrected chi connectivity index (χ4v) is 1.43. The first-order valence-electron chi connectivity index (χ1n) is 5.04. The minimum Gasteiger partial charge on any atom is -0.103 e. The van der Waals surface area contributed by atoms with E-state index in [1.165, 1.54) is 25.7 Å². The molecule has 0 heterocycles. The number of allylic oxidation sites excluding steroid dienone is 7. The molecule has 0 aromatic rings. The molecule has 1 aliphatic carbocycles. The Morgan fingerprint density at radius 2 is 2.31 bits per heavy atom. The Labute approximate surface area is 81.4 Å². The molecule has 0 aliphatic heterocycles. The molecule has 0 heteroatoms. The average molecular weight is 174 g/mol.